The number of anilines is 1. The number of nitrogens with zero attached hydrogens (tertiary/aromatic N) is 1. The highest BCUT2D eigenvalue weighted by molar-refractivity contribution is 14.1. The van der Waals surface area contributed by atoms with Gasteiger partial charge >= 0.3 is 0 Å². The van der Waals surface area contributed by atoms with Crippen molar-refractivity contribution in [1.29, 1.82) is 0 Å². The lowest BCUT2D eigenvalue weighted by atomic mass is 10.1. The van der Waals surface area contributed by atoms with Gasteiger partial charge in [0.25, 0.3) is 0 Å². The molecule has 1 N–H and O–H groups in total. The number of nitrogens with one attached hydrogen (secondary N) is 1. The topological polar surface area (TPSA) is 24.9 Å². The maximum Gasteiger partial charge on any atom is 0.0871 e. The summed E-state index contributed by atoms with van der Waals surface area (Å²) in [6, 6.07) is 4.17. The molecule has 0 saturated heterocycles. The van der Waals surface area contributed by atoms with Crippen molar-refractivity contribution >= 4 is 55.1 Å². The summed E-state index contributed by atoms with van der Waals surface area (Å²) in [5, 5.41) is 4.48. The summed E-state index contributed by atoms with van der Waals surface area (Å²) >= 11 is 5.96. The van der Waals surface area contributed by atoms with Crippen LogP contribution in [0.15, 0.2) is 16.6 Å². The predicted octanol–water partition coefficient (Wildman–Crippen LogP) is 4.51. The number of hydrogen-bond acceptors (Lipinski definition) is 2. The lowest BCUT2D eigenvalue weighted by Crippen LogP contribution is -2.02. The Morgan fingerprint density at radius 1 is 1.41 bits per heavy atom. The third-order valence-corrected chi connectivity index (χ3v) is 4.50. The fraction of sp³-hybridized carbons (Fsp3) is 0.308. The van der Waals surface area contributed by atoms with Crippen LogP contribution in [-0.2, 0) is 6.42 Å². The number of pyridine rings is 1. The second-order valence-electron chi connectivity index (χ2n) is 3.91. The zero-order chi connectivity index (χ0) is 12.6. The van der Waals surface area contributed by atoms with Crippen LogP contribution in [0.2, 0.25) is 0 Å². The van der Waals surface area contributed by atoms with Crippen LogP contribution in [0.4, 0.5) is 5.69 Å². The van der Waals surface area contributed by atoms with Crippen LogP contribution in [0.25, 0.3) is 10.9 Å². The molecule has 2 aromatic rings. The Kier molecular flexibility index (Phi) is 3.92. The lowest BCUT2D eigenvalue weighted by molar-refractivity contribution is 1.03. The molecular formula is C13H14BrIN2. The van der Waals surface area contributed by atoms with E-state index in [9.17, 15) is 0 Å². The summed E-state index contributed by atoms with van der Waals surface area (Å²) in [6.07, 6.45) is 0.957. The first-order chi connectivity index (χ1) is 8.10. The highest BCUT2D eigenvalue weighted by atomic mass is 127. The van der Waals surface area contributed by atoms with E-state index < -0.39 is 0 Å². The van der Waals surface area contributed by atoms with Gasteiger partial charge in [-0.05, 0) is 53.6 Å². The largest absolute Gasteiger partial charge is 0.387 e. The van der Waals surface area contributed by atoms with Crippen molar-refractivity contribution in [2.45, 2.75) is 20.3 Å². The Labute approximate surface area is 123 Å². The third-order valence-electron chi connectivity index (χ3n) is 2.97. The molecule has 17 heavy (non-hydrogen) atoms. The van der Waals surface area contributed by atoms with Crippen LogP contribution in [0.1, 0.15) is 18.2 Å². The third kappa shape index (κ3) is 2.17. The molecule has 2 rings (SSSR count). The Morgan fingerprint density at radius 3 is 2.71 bits per heavy atom. The Balaban J connectivity index is 2.97. The van der Waals surface area contributed by atoms with Gasteiger partial charge in [0.05, 0.1) is 5.52 Å². The monoisotopic (exact) mass is 404 g/mol. The highest BCUT2D eigenvalue weighted by Gasteiger charge is 2.14. The van der Waals surface area contributed by atoms with E-state index in [1.807, 2.05) is 7.05 Å². The molecule has 0 aliphatic heterocycles. The molecular weight excluding hydrogens is 391 g/mol. The van der Waals surface area contributed by atoms with Gasteiger partial charge in [-0.1, -0.05) is 22.9 Å². The number of halogens is 2. The van der Waals surface area contributed by atoms with E-state index >= 15 is 0 Å². The van der Waals surface area contributed by atoms with Crippen molar-refractivity contribution in [3.05, 3.63) is 31.4 Å². The van der Waals surface area contributed by atoms with Crippen molar-refractivity contribution in [1.82, 2.24) is 4.98 Å². The maximum atomic E-state index is 4.78. The van der Waals surface area contributed by atoms with Gasteiger partial charge in [-0.15, -0.1) is 0 Å². The molecule has 0 spiro atoms. The van der Waals surface area contributed by atoms with Gasteiger partial charge in [0.2, 0.25) is 0 Å². The molecule has 1 heterocycles. The van der Waals surface area contributed by atoms with Crippen molar-refractivity contribution in [3.63, 3.8) is 0 Å². The van der Waals surface area contributed by atoms with Crippen LogP contribution >= 0.6 is 38.5 Å². The number of benzene rings is 1. The van der Waals surface area contributed by atoms with Gasteiger partial charge in [0, 0.05) is 31.9 Å². The fourth-order valence-electron chi connectivity index (χ4n) is 2.10. The summed E-state index contributed by atoms with van der Waals surface area (Å²) < 4.78 is 2.28. The number of fused-ring (bicyclic) bond motifs is 1. The molecule has 0 atom stereocenters. The molecule has 0 fully saturated rings. The molecule has 0 amide bonds. The first kappa shape index (κ1) is 13.1. The second kappa shape index (κ2) is 5.10. The van der Waals surface area contributed by atoms with E-state index in [1.54, 1.807) is 0 Å². The number of aryl methyl sites for hydroxylation is 1. The predicted molar refractivity (Wildman–Crippen MR) is 85.8 cm³/mol. The first-order valence-corrected chi connectivity index (χ1v) is 7.42. The average Bonchev–Trinajstić information content (AvgIpc) is 2.33. The van der Waals surface area contributed by atoms with Gasteiger partial charge in [-0.25, -0.2) is 0 Å². The Bertz CT molecular complexity index is 581. The quantitative estimate of drug-likeness (QED) is 0.744. The van der Waals surface area contributed by atoms with Crippen molar-refractivity contribution in [2.24, 2.45) is 0 Å². The summed E-state index contributed by atoms with van der Waals surface area (Å²) in [4.78, 5) is 4.78. The highest BCUT2D eigenvalue weighted by Crippen LogP contribution is 2.35. The van der Waals surface area contributed by atoms with Gasteiger partial charge in [0.1, 0.15) is 0 Å². The van der Waals surface area contributed by atoms with Gasteiger partial charge in [-0.3, -0.25) is 4.98 Å². The smallest absolute Gasteiger partial charge is 0.0871 e. The van der Waals surface area contributed by atoms with Crippen molar-refractivity contribution < 1.29 is 0 Å². The summed E-state index contributed by atoms with van der Waals surface area (Å²) in [7, 11) is 1.97. The molecule has 0 bridgehead atoms. The second-order valence-corrected chi connectivity index (χ2v) is 5.93. The molecule has 1 aromatic carbocycles. The zero-order valence-electron chi connectivity index (χ0n) is 10.1. The molecule has 0 unspecified atom stereocenters. The molecule has 4 heteroatoms. The van der Waals surface area contributed by atoms with E-state index in [0.717, 1.165) is 22.1 Å². The number of aromatic nitrogens is 1. The van der Waals surface area contributed by atoms with Gasteiger partial charge in [-0.2, -0.15) is 0 Å². The van der Waals surface area contributed by atoms with Crippen LogP contribution in [0.5, 0.6) is 0 Å². The minimum atomic E-state index is 0.957. The van der Waals surface area contributed by atoms with E-state index in [0.29, 0.717) is 0 Å². The van der Waals surface area contributed by atoms with E-state index in [4.69, 9.17) is 4.98 Å². The van der Waals surface area contributed by atoms with Crippen LogP contribution < -0.4 is 5.32 Å². The van der Waals surface area contributed by atoms with Crippen LogP contribution in [0.3, 0.4) is 0 Å². The minimum Gasteiger partial charge on any atom is -0.387 e. The first-order valence-electron chi connectivity index (χ1n) is 5.55. The van der Waals surface area contributed by atoms with E-state index in [1.165, 1.54) is 20.2 Å². The molecule has 0 saturated carbocycles. The van der Waals surface area contributed by atoms with Crippen molar-refractivity contribution in [3.8, 4) is 0 Å². The molecule has 2 nitrogen and oxygen atoms in total. The summed E-state index contributed by atoms with van der Waals surface area (Å²) in [5.74, 6) is 0. The fourth-order valence-corrected chi connectivity index (χ4v) is 3.18. The standard InChI is InChI=1S/C13H14BrIN2/c1-4-10-7(2)12(16-3)11-8(14)5-6-9(15)13(11)17-10/h5-6H,4H2,1-3H3,(H,16,17). The average molecular weight is 405 g/mol. The van der Waals surface area contributed by atoms with Crippen LogP contribution in [-0.4, -0.2) is 12.0 Å². The SMILES string of the molecule is CCc1nc2c(I)ccc(Br)c2c(NC)c1C. The van der Waals surface area contributed by atoms with Crippen LogP contribution in [0, 0.1) is 10.5 Å². The van der Waals surface area contributed by atoms with Gasteiger partial charge in [0.15, 0.2) is 0 Å². The summed E-state index contributed by atoms with van der Waals surface area (Å²) in [6.45, 7) is 4.27. The number of rotatable bonds is 2. The molecule has 0 radical (unpaired) electrons. The summed E-state index contributed by atoms with van der Waals surface area (Å²) in [5.41, 5.74) is 4.66. The zero-order valence-corrected chi connectivity index (χ0v) is 13.8. The van der Waals surface area contributed by atoms with Gasteiger partial charge < -0.3 is 5.32 Å². The Hall–Kier alpha value is -0.360. The molecule has 0 aliphatic carbocycles. The lowest BCUT2D eigenvalue weighted by Gasteiger charge is -2.15. The maximum absolute atomic E-state index is 4.78. The van der Waals surface area contributed by atoms with E-state index in [-0.39, 0.29) is 0 Å². The molecule has 1 aromatic heterocycles. The number of hydrogen-bond donors (Lipinski definition) is 1. The Morgan fingerprint density at radius 2 is 2.12 bits per heavy atom. The molecule has 90 valence electrons. The minimum absolute atomic E-state index is 0.957. The molecule has 0 aliphatic rings. The van der Waals surface area contributed by atoms with E-state index in [2.05, 4.69) is 69.8 Å². The normalized spacial score (nSPS) is 10.9. The van der Waals surface area contributed by atoms with Crippen molar-refractivity contribution in [2.75, 3.05) is 12.4 Å².